The van der Waals surface area contributed by atoms with Gasteiger partial charge < -0.3 is 14.9 Å². The summed E-state index contributed by atoms with van der Waals surface area (Å²) >= 11 is 0. The number of imidazole rings is 1. The third kappa shape index (κ3) is 3.29. The smallest absolute Gasteiger partial charge is 0.332 e. The number of aliphatic hydroxyl groups excluding tert-OH is 1. The number of allylic oxidation sites excluding steroid dienone is 1. The zero-order valence-electron chi connectivity index (χ0n) is 15.6. The Balaban J connectivity index is 2.05. The van der Waals surface area contributed by atoms with Gasteiger partial charge in [0.2, 0.25) is 5.78 Å². The molecule has 0 aliphatic rings. The summed E-state index contributed by atoms with van der Waals surface area (Å²) in [6, 6.07) is 3.81. The van der Waals surface area contributed by atoms with Crippen LogP contribution in [0.25, 0.3) is 16.9 Å². The van der Waals surface area contributed by atoms with Crippen LogP contribution in [-0.2, 0) is 18.9 Å². The minimum Gasteiger partial charge on any atom is -0.508 e. The molecule has 3 aromatic rings. The number of hydrogen-bond donors (Lipinski definition) is 2. The molecule has 2 aromatic heterocycles. The Morgan fingerprint density at radius 1 is 1.14 bits per heavy atom. The predicted molar refractivity (Wildman–Crippen MR) is 101 cm³/mol. The highest BCUT2D eigenvalue weighted by molar-refractivity contribution is 6.43. The highest BCUT2D eigenvalue weighted by Crippen LogP contribution is 2.25. The van der Waals surface area contributed by atoms with Crippen LogP contribution in [0, 0.1) is 0 Å². The van der Waals surface area contributed by atoms with Crippen LogP contribution in [0.3, 0.4) is 0 Å². The minimum absolute atomic E-state index is 0.0387. The van der Waals surface area contributed by atoms with Crippen molar-refractivity contribution < 1.29 is 24.5 Å². The number of aromatic hydroxyl groups is 1. The van der Waals surface area contributed by atoms with Crippen molar-refractivity contribution in [3.8, 4) is 11.5 Å². The van der Waals surface area contributed by atoms with E-state index in [0.29, 0.717) is 10.6 Å². The van der Waals surface area contributed by atoms with Crippen molar-refractivity contribution in [1.29, 1.82) is 0 Å². The molecule has 150 valence electrons. The van der Waals surface area contributed by atoms with Gasteiger partial charge in [-0.15, -0.1) is 0 Å². The van der Waals surface area contributed by atoms with Gasteiger partial charge >= 0.3 is 11.6 Å². The second-order valence-electron chi connectivity index (χ2n) is 6.11. The lowest BCUT2D eigenvalue weighted by atomic mass is 10.1. The van der Waals surface area contributed by atoms with Gasteiger partial charge in [-0.25, -0.2) is 9.78 Å². The van der Waals surface area contributed by atoms with Gasteiger partial charge in [0.1, 0.15) is 23.6 Å². The van der Waals surface area contributed by atoms with E-state index >= 15 is 0 Å². The molecule has 0 atom stereocenters. The molecule has 0 fully saturated rings. The van der Waals surface area contributed by atoms with E-state index in [1.165, 1.54) is 39.4 Å². The zero-order valence-corrected chi connectivity index (χ0v) is 15.6. The van der Waals surface area contributed by atoms with Crippen LogP contribution in [0.5, 0.6) is 11.5 Å². The molecule has 0 spiro atoms. The fourth-order valence-corrected chi connectivity index (χ4v) is 2.74. The molecule has 1 aromatic carbocycles. The molecule has 0 radical (unpaired) electrons. The van der Waals surface area contributed by atoms with Crippen LogP contribution < -0.4 is 16.0 Å². The van der Waals surface area contributed by atoms with Crippen molar-refractivity contribution in [3.05, 3.63) is 57.0 Å². The molecule has 0 amide bonds. The fraction of sp³-hybridized carbons (Fsp3) is 0.167. The van der Waals surface area contributed by atoms with E-state index in [2.05, 4.69) is 4.98 Å². The van der Waals surface area contributed by atoms with Crippen LogP contribution in [0.1, 0.15) is 10.4 Å². The number of ether oxygens (including phenoxy) is 1. The molecule has 0 bridgehead atoms. The molecule has 0 saturated carbocycles. The number of nitrogens with zero attached hydrogens (tertiary/aromatic N) is 4. The van der Waals surface area contributed by atoms with Gasteiger partial charge in [0.25, 0.3) is 5.56 Å². The van der Waals surface area contributed by atoms with E-state index in [-0.39, 0.29) is 28.2 Å². The molecule has 2 N–H and O–H groups in total. The van der Waals surface area contributed by atoms with E-state index in [0.717, 1.165) is 15.5 Å². The van der Waals surface area contributed by atoms with E-state index in [1.807, 2.05) is 0 Å². The van der Waals surface area contributed by atoms with Crippen molar-refractivity contribution >= 4 is 28.6 Å². The molecule has 11 nitrogen and oxygen atoms in total. The summed E-state index contributed by atoms with van der Waals surface area (Å²) in [6.45, 7) is 0. The number of carbonyl (C=O) groups excluding carboxylic acids is 2. The second-order valence-corrected chi connectivity index (χ2v) is 6.11. The molecule has 0 unspecified atom stereocenters. The van der Waals surface area contributed by atoms with Gasteiger partial charge in [0.05, 0.1) is 7.11 Å². The second kappa shape index (κ2) is 7.11. The lowest BCUT2D eigenvalue weighted by Gasteiger charge is -2.06. The Hall–Kier alpha value is -4.15. The SMILES string of the molecule is COc1cc(O)cc(C(O)=CC(=O)C(=O)n2cnc3c2c(=O)n(C)c(=O)n3C)c1. The molecule has 0 saturated heterocycles. The van der Waals surface area contributed by atoms with Gasteiger partial charge in [-0.05, 0) is 12.1 Å². The van der Waals surface area contributed by atoms with Gasteiger partial charge in [-0.2, -0.15) is 0 Å². The van der Waals surface area contributed by atoms with Crippen molar-refractivity contribution in [2.75, 3.05) is 7.11 Å². The van der Waals surface area contributed by atoms with E-state index in [4.69, 9.17) is 4.74 Å². The highest BCUT2D eigenvalue weighted by Gasteiger charge is 2.22. The van der Waals surface area contributed by atoms with Crippen LogP contribution in [-0.4, -0.2) is 47.7 Å². The summed E-state index contributed by atoms with van der Waals surface area (Å²) in [5.74, 6) is -2.91. The molecule has 11 heteroatoms. The quantitative estimate of drug-likeness (QED) is 0.352. The first-order valence-electron chi connectivity index (χ1n) is 8.16. The summed E-state index contributed by atoms with van der Waals surface area (Å²) in [7, 11) is 3.95. The minimum atomic E-state index is -1.16. The summed E-state index contributed by atoms with van der Waals surface area (Å²) in [5, 5.41) is 19.8. The standard InChI is InChI=1S/C18H16N4O7/c1-20-15-14(17(27)21(2)18(20)28)22(8-19-15)16(26)13(25)7-12(24)9-4-10(23)6-11(5-9)29-3/h4-8,23-24H,1-3H3. The van der Waals surface area contributed by atoms with Gasteiger partial charge in [0.15, 0.2) is 11.2 Å². The zero-order chi connectivity index (χ0) is 21.5. The molecule has 3 rings (SSSR count). The topological polar surface area (TPSA) is 146 Å². The van der Waals surface area contributed by atoms with Crippen LogP contribution in [0.15, 0.2) is 40.2 Å². The van der Waals surface area contributed by atoms with Crippen LogP contribution in [0.2, 0.25) is 0 Å². The number of aliphatic hydroxyl groups is 1. The third-order valence-electron chi connectivity index (χ3n) is 4.27. The summed E-state index contributed by atoms with van der Waals surface area (Å²) < 4.78 is 7.53. The normalized spacial score (nSPS) is 11.6. The van der Waals surface area contributed by atoms with Crippen LogP contribution >= 0.6 is 0 Å². The number of aryl methyl sites for hydroxylation is 1. The lowest BCUT2D eigenvalue weighted by Crippen LogP contribution is -2.38. The van der Waals surface area contributed by atoms with Crippen molar-refractivity contribution in [3.63, 3.8) is 0 Å². The molecule has 29 heavy (non-hydrogen) atoms. The number of phenolic OH excluding ortho intramolecular Hbond substituents is 1. The summed E-state index contributed by atoms with van der Waals surface area (Å²) in [4.78, 5) is 53.1. The highest BCUT2D eigenvalue weighted by atomic mass is 16.5. The van der Waals surface area contributed by atoms with E-state index in [9.17, 15) is 29.4 Å². The van der Waals surface area contributed by atoms with E-state index < -0.39 is 28.7 Å². The summed E-state index contributed by atoms with van der Waals surface area (Å²) in [6.07, 6.45) is 1.60. The largest absolute Gasteiger partial charge is 0.508 e. The number of rotatable bonds is 4. The van der Waals surface area contributed by atoms with Gasteiger partial charge in [-0.3, -0.25) is 28.1 Å². The van der Waals surface area contributed by atoms with Crippen molar-refractivity contribution in [1.82, 2.24) is 18.7 Å². The lowest BCUT2D eigenvalue weighted by molar-refractivity contribution is -0.111. The Labute approximate surface area is 162 Å². The first-order chi connectivity index (χ1) is 13.6. The predicted octanol–water partition coefficient (Wildman–Crippen LogP) is -0.0437. The Bertz CT molecular complexity index is 1310. The number of methoxy groups -OCH3 is 1. The fourth-order valence-electron chi connectivity index (χ4n) is 2.74. The Morgan fingerprint density at radius 3 is 2.48 bits per heavy atom. The maximum atomic E-state index is 12.5. The van der Waals surface area contributed by atoms with E-state index in [1.54, 1.807) is 0 Å². The van der Waals surface area contributed by atoms with Crippen molar-refractivity contribution in [2.24, 2.45) is 14.1 Å². The van der Waals surface area contributed by atoms with Gasteiger partial charge in [0, 0.05) is 31.8 Å². The first-order valence-corrected chi connectivity index (χ1v) is 8.16. The molecule has 2 heterocycles. The number of carbonyl (C=O) groups is 2. The Morgan fingerprint density at radius 2 is 1.83 bits per heavy atom. The monoisotopic (exact) mass is 400 g/mol. The molecule has 0 aliphatic heterocycles. The number of benzene rings is 1. The Kier molecular flexibility index (Phi) is 4.81. The summed E-state index contributed by atoms with van der Waals surface area (Å²) in [5.41, 5.74) is -1.71. The van der Waals surface area contributed by atoms with Crippen LogP contribution in [0.4, 0.5) is 0 Å². The number of aromatic nitrogens is 4. The number of fused-ring (bicyclic) bond motifs is 1. The maximum Gasteiger partial charge on any atom is 0.332 e. The number of phenols is 1. The average Bonchev–Trinajstić information content (AvgIpc) is 3.14. The van der Waals surface area contributed by atoms with Crippen molar-refractivity contribution in [2.45, 2.75) is 0 Å². The number of ketones is 1. The average molecular weight is 400 g/mol. The molecular weight excluding hydrogens is 384 g/mol. The molecule has 0 aliphatic carbocycles. The number of hydrogen-bond acceptors (Lipinski definition) is 8. The third-order valence-corrected chi connectivity index (χ3v) is 4.27. The van der Waals surface area contributed by atoms with Gasteiger partial charge in [-0.1, -0.05) is 0 Å². The molecular formula is C18H16N4O7. The first kappa shape index (κ1) is 19.6. The maximum absolute atomic E-state index is 12.5.